The molecule has 0 fully saturated rings. The van der Waals surface area contributed by atoms with Crippen molar-refractivity contribution in [3.8, 4) is 0 Å². The quantitative estimate of drug-likeness (QED) is 0.852. The normalized spacial score (nSPS) is 15.6. The van der Waals surface area contributed by atoms with Crippen LogP contribution in [0.25, 0.3) is 0 Å². The molecule has 2 aromatic rings. The van der Waals surface area contributed by atoms with Crippen LogP contribution in [0.5, 0.6) is 0 Å². The molecule has 0 aliphatic carbocycles. The Morgan fingerprint density at radius 2 is 2.17 bits per heavy atom. The van der Waals surface area contributed by atoms with Crippen LogP contribution in [0.2, 0.25) is 5.02 Å². The molecule has 2 nitrogen and oxygen atoms in total. The van der Waals surface area contributed by atoms with Gasteiger partial charge >= 0.3 is 0 Å². The third-order valence-electron chi connectivity index (χ3n) is 3.38. The molecule has 0 radical (unpaired) electrons. The highest BCUT2D eigenvalue weighted by atomic mass is 35.5. The molecule has 18 heavy (non-hydrogen) atoms. The molecular weight excluding hydrogens is 264 g/mol. The van der Waals surface area contributed by atoms with Crippen LogP contribution in [-0.4, -0.2) is 11.4 Å². The van der Waals surface area contributed by atoms with Crippen LogP contribution in [0.15, 0.2) is 29.6 Å². The van der Waals surface area contributed by atoms with Gasteiger partial charge in [0.1, 0.15) is 0 Å². The average Bonchev–Trinajstić information content (AvgIpc) is 2.74. The van der Waals surface area contributed by atoms with E-state index in [-0.39, 0.29) is 0 Å². The fourth-order valence-electron chi connectivity index (χ4n) is 2.41. The maximum Gasteiger partial charge on any atom is 0.0558 e. The van der Waals surface area contributed by atoms with Gasteiger partial charge in [0.2, 0.25) is 0 Å². The van der Waals surface area contributed by atoms with Gasteiger partial charge in [-0.25, -0.2) is 0 Å². The topological polar surface area (TPSA) is 29.3 Å². The zero-order valence-electron chi connectivity index (χ0n) is 10.0. The fourth-order valence-corrected chi connectivity index (χ4v) is 3.55. The number of nitrogens with two attached hydrogens (primary N) is 1. The molecule has 0 saturated heterocycles. The van der Waals surface area contributed by atoms with E-state index in [4.69, 9.17) is 17.3 Å². The van der Waals surface area contributed by atoms with Crippen molar-refractivity contribution >= 4 is 28.6 Å². The summed E-state index contributed by atoms with van der Waals surface area (Å²) >= 11 is 7.88. The second-order valence-electron chi connectivity index (χ2n) is 4.68. The molecule has 2 N–H and O–H groups in total. The Bertz CT molecular complexity index is 565. The van der Waals surface area contributed by atoms with Crippen molar-refractivity contribution in [1.82, 2.24) is 4.90 Å². The number of thiophene rings is 1. The minimum atomic E-state index is 0.852. The molecule has 1 aromatic carbocycles. The van der Waals surface area contributed by atoms with Gasteiger partial charge in [0.05, 0.1) is 5.02 Å². The smallest absolute Gasteiger partial charge is 0.0558 e. The summed E-state index contributed by atoms with van der Waals surface area (Å²) < 4.78 is 0. The fraction of sp³-hybridized carbons (Fsp3) is 0.286. The van der Waals surface area contributed by atoms with Crippen molar-refractivity contribution in [3.63, 3.8) is 0 Å². The van der Waals surface area contributed by atoms with Gasteiger partial charge in [-0.2, -0.15) is 0 Å². The highest BCUT2D eigenvalue weighted by molar-refractivity contribution is 7.10. The third kappa shape index (κ3) is 2.39. The zero-order valence-corrected chi connectivity index (χ0v) is 11.6. The number of fused-ring (bicyclic) bond motifs is 1. The first-order valence-corrected chi connectivity index (χ1v) is 7.29. The Morgan fingerprint density at radius 3 is 2.94 bits per heavy atom. The lowest BCUT2D eigenvalue weighted by Crippen LogP contribution is -2.29. The number of hydrogen-bond donors (Lipinski definition) is 1. The van der Waals surface area contributed by atoms with Crippen LogP contribution in [0.3, 0.4) is 0 Å². The SMILES string of the molecule is Nc1ccc2c(c1)CN(Cc1sccc1Cl)CC2. The number of hydrogen-bond acceptors (Lipinski definition) is 3. The minimum absolute atomic E-state index is 0.852. The van der Waals surface area contributed by atoms with Gasteiger partial charge < -0.3 is 5.73 Å². The maximum atomic E-state index is 6.15. The highest BCUT2D eigenvalue weighted by Crippen LogP contribution is 2.27. The van der Waals surface area contributed by atoms with Crippen LogP contribution in [0.1, 0.15) is 16.0 Å². The molecule has 0 bridgehead atoms. The van der Waals surface area contributed by atoms with Gasteiger partial charge in [-0.3, -0.25) is 4.90 Å². The molecule has 2 heterocycles. The van der Waals surface area contributed by atoms with Gasteiger partial charge in [-0.1, -0.05) is 17.7 Å². The number of halogens is 1. The summed E-state index contributed by atoms with van der Waals surface area (Å²) in [5.41, 5.74) is 9.49. The van der Waals surface area contributed by atoms with Crippen molar-refractivity contribution < 1.29 is 0 Å². The molecule has 3 rings (SSSR count). The molecule has 0 spiro atoms. The molecule has 0 atom stereocenters. The van der Waals surface area contributed by atoms with Gasteiger partial charge in [0.25, 0.3) is 0 Å². The molecule has 1 aliphatic heterocycles. The standard InChI is InChI=1S/C14H15ClN2S/c15-13-4-6-18-14(13)9-17-5-3-10-1-2-12(16)7-11(10)8-17/h1-2,4,6-7H,3,5,8-9,16H2. The van der Waals surface area contributed by atoms with Gasteiger partial charge in [0, 0.05) is 30.2 Å². The Kier molecular flexibility index (Phi) is 3.29. The van der Waals surface area contributed by atoms with E-state index >= 15 is 0 Å². The molecule has 0 saturated carbocycles. The van der Waals surface area contributed by atoms with E-state index in [0.29, 0.717) is 0 Å². The first kappa shape index (κ1) is 12.0. The highest BCUT2D eigenvalue weighted by Gasteiger charge is 2.17. The summed E-state index contributed by atoms with van der Waals surface area (Å²) in [6.45, 7) is 2.99. The summed E-state index contributed by atoms with van der Waals surface area (Å²) in [5.74, 6) is 0. The number of nitrogen functional groups attached to an aromatic ring is 1. The molecule has 1 aromatic heterocycles. The first-order chi connectivity index (χ1) is 8.72. The van der Waals surface area contributed by atoms with E-state index in [1.807, 2.05) is 17.5 Å². The van der Waals surface area contributed by atoms with Crippen molar-refractivity contribution in [2.24, 2.45) is 0 Å². The Hall–Kier alpha value is -1.03. The number of nitrogens with zero attached hydrogens (tertiary/aromatic N) is 1. The maximum absolute atomic E-state index is 6.15. The summed E-state index contributed by atoms with van der Waals surface area (Å²) in [7, 11) is 0. The Labute approximate surface area is 116 Å². The predicted octanol–water partition coefficient (Wildman–Crippen LogP) is 3.54. The van der Waals surface area contributed by atoms with E-state index in [2.05, 4.69) is 17.0 Å². The van der Waals surface area contributed by atoms with Crippen LogP contribution < -0.4 is 5.73 Å². The van der Waals surface area contributed by atoms with Crippen molar-refractivity contribution in [1.29, 1.82) is 0 Å². The second-order valence-corrected chi connectivity index (χ2v) is 6.09. The molecule has 94 valence electrons. The average molecular weight is 279 g/mol. The van der Waals surface area contributed by atoms with Gasteiger partial charge in [-0.15, -0.1) is 11.3 Å². The number of rotatable bonds is 2. The third-order valence-corrected chi connectivity index (χ3v) is 4.75. The lowest BCUT2D eigenvalue weighted by atomic mass is 9.99. The van der Waals surface area contributed by atoms with Gasteiger partial charge in [0.15, 0.2) is 0 Å². The number of benzene rings is 1. The number of anilines is 1. The monoisotopic (exact) mass is 278 g/mol. The second kappa shape index (κ2) is 4.92. The van der Waals surface area contributed by atoms with Crippen LogP contribution in [-0.2, 0) is 19.5 Å². The summed E-state index contributed by atoms with van der Waals surface area (Å²) in [5, 5.41) is 2.94. The molecule has 1 aliphatic rings. The largest absolute Gasteiger partial charge is 0.399 e. The van der Waals surface area contributed by atoms with Crippen LogP contribution >= 0.6 is 22.9 Å². The van der Waals surface area contributed by atoms with Crippen LogP contribution in [0, 0.1) is 0 Å². The van der Waals surface area contributed by atoms with Crippen LogP contribution in [0.4, 0.5) is 5.69 Å². The predicted molar refractivity (Wildman–Crippen MR) is 78.0 cm³/mol. The Balaban J connectivity index is 1.76. The van der Waals surface area contributed by atoms with Gasteiger partial charge in [-0.05, 0) is 41.1 Å². The van der Waals surface area contributed by atoms with E-state index in [9.17, 15) is 0 Å². The first-order valence-electron chi connectivity index (χ1n) is 6.04. The lowest BCUT2D eigenvalue weighted by Gasteiger charge is -2.28. The van der Waals surface area contributed by atoms with E-state index in [1.165, 1.54) is 16.0 Å². The minimum Gasteiger partial charge on any atom is -0.399 e. The van der Waals surface area contributed by atoms with E-state index in [1.54, 1.807) is 11.3 Å². The molecule has 0 amide bonds. The molecular formula is C14H15ClN2S. The van der Waals surface area contributed by atoms with Crippen molar-refractivity contribution in [2.45, 2.75) is 19.5 Å². The van der Waals surface area contributed by atoms with Crippen molar-refractivity contribution in [3.05, 3.63) is 50.7 Å². The zero-order chi connectivity index (χ0) is 12.5. The Morgan fingerprint density at radius 1 is 1.28 bits per heavy atom. The summed E-state index contributed by atoms with van der Waals surface area (Å²) in [6.07, 6.45) is 1.10. The molecule has 4 heteroatoms. The lowest BCUT2D eigenvalue weighted by molar-refractivity contribution is 0.248. The summed E-state index contributed by atoms with van der Waals surface area (Å²) in [6, 6.07) is 8.21. The molecule has 0 unspecified atom stereocenters. The van der Waals surface area contributed by atoms with E-state index < -0.39 is 0 Å². The van der Waals surface area contributed by atoms with Crippen molar-refractivity contribution in [2.75, 3.05) is 12.3 Å². The summed E-state index contributed by atoms with van der Waals surface area (Å²) in [4.78, 5) is 3.68. The van der Waals surface area contributed by atoms with E-state index in [0.717, 1.165) is 36.8 Å².